The Balaban J connectivity index is 2.10. The molecule has 0 aromatic heterocycles. The zero-order valence-corrected chi connectivity index (χ0v) is 13.3. The Bertz CT molecular complexity index is 880. The SMILES string of the molecule is COc1ccc2ccccc2c1-c1c(O)ccc2c1CCCC2. The summed E-state index contributed by atoms with van der Waals surface area (Å²) in [6.07, 6.45) is 4.52. The van der Waals surface area contributed by atoms with E-state index in [1.54, 1.807) is 7.11 Å². The smallest absolute Gasteiger partial charge is 0.127 e. The molecule has 0 radical (unpaired) electrons. The summed E-state index contributed by atoms with van der Waals surface area (Å²) in [5.74, 6) is 1.17. The molecule has 0 saturated carbocycles. The zero-order chi connectivity index (χ0) is 15.8. The van der Waals surface area contributed by atoms with Gasteiger partial charge in [0.1, 0.15) is 11.5 Å². The maximum Gasteiger partial charge on any atom is 0.127 e. The van der Waals surface area contributed by atoms with Crippen LogP contribution >= 0.6 is 0 Å². The number of hydrogen-bond acceptors (Lipinski definition) is 2. The van der Waals surface area contributed by atoms with Crippen LogP contribution in [-0.4, -0.2) is 12.2 Å². The molecule has 23 heavy (non-hydrogen) atoms. The van der Waals surface area contributed by atoms with Gasteiger partial charge >= 0.3 is 0 Å². The topological polar surface area (TPSA) is 29.5 Å². The lowest BCUT2D eigenvalue weighted by atomic mass is 9.84. The Morgan fingerprint density at radius 2 is 1.70 bits per heavy atom. The van der Waals surface area contributed by atoms with Crippen LogP contribution in [0.5, 0.6) is 11.5 Å². The second-order valence-electron chi connectivity index (χ2n) is 6.17. The Labute approximate surface area is 136 Å². The third-order valence-electron chi connectivity index (χ3n) is 4.87. The van der Waals surface area contributed by atoms with E-state index in [1.807, 2.05) is 24.3 Å². The number of fused-ring (bicyclic) bond motifs is 2. The highest BCUT2D eigenvalue weighted by atomic mass is 16.5. The first-order valence-corrected chi connectivity index (χ1v) is 8.19. The second-order valence-corrected chi connectivity index (χ2v) is 6.17. The first kappa shape index (κ1) is 14.1. The quantitative estimate of drug-likeness (QED) is 0.713. The van der Waals surface area contributed by atoms with Crippen molar-refractivity contribution in [2.45, 2.75) is 25.7 Å². The average molecular weight is 304 g/mol. The largest absolute Gasteiger partial charge is 0.507 e. The van der Waals surface area contributed by atoms with Crippen LogP contribution in [-0.2, 0) is 12.8 Å². The number of phenolic OH excluding ortho intramolecular Hbond substituents is 1. The molecule has 2 heteroatoms. The van der Waals surface area contributed by atoms with Gasteiger partial charge in [-0.3, -0.25) is 0 Å². The number of hydrogen-bond donors (Lipinski definition) is 1. The minimum Gasteiger partial charge on any atom is -0.507 e. The summed E-state index contributed by atoms with van der Waals surface area (Å²) < 4.78 is 5.64. The van der Waals surface area contributed by atoms with Crippen LogP contribution in [0.25, 0.3) is 21.9 Å². The fourth-order valence-corrected chi connectivity index (χ4v) is 3.77. The third-order valence-corrected chi connectivity index (χ3v) is 4.87. The lowest BCUT2D eigenvalue weighted by molar-refractivity contribution is 0.416. The van der Waals surface area contributed by atoms with Crippen LogP contribution in [0.1, 0.15) is 24.0 Å². The number of methoxy groups -OCH3 is 1. The Morgan fingerprint density at radius 1 is 0.870 bits per heavy atom. The van der Waals surface area contributed by atoms with Crippen molar-refractivity contribution in [2.75, 3.05) is 7.11 Å². The van der Waals surface area contributed by atoms with E-state index in [1.165, 1.54) is 24.0 Å². The van der Waals surface area contributed by atoms with Gasteiger partial charge in [-0.2, -0.15) is 0 Å². The molecule has 0 unspecified atom stereocenters. The van der Waals surface area contributed by atoms with Crippen molar-refractivity contribution in [1.29, 1.82) is 0 Å². The summed E-state index contributed by atoms with van der Waals surface area (Å²) in [6, 6.07) is 16.3. The number of aryl methyl sites for hydroxylation is 1. The van der Waals surface area contributed by atoms with Crippen LogP contribution < -0.4 is 4.74 Å². The fourth-order valence-electron chi connectivity index (χ4n) is 3.77. The molecule has 0 amide bonds. The molecule has 1 N–H and O–H groups in total. The maximum absolute atomic E-state index is 10.6. The molecular formula is C21H20O2. The maximum atomic E-state index is 10.6. The van der Waals surface area contributed by atoms with E-state index in [9.17, 15) is 5.11 Å². The van der Waals surface area contributed by atoms with E-state index < -0.39 is 0 Å². The number of aromatic hydroxyl groups is 1. The van der Waals surface area contributed by atoms with E-state index in [4.69, 9.17) is 4.74 Å². The number of rotatable bonds is 2. The molecule has 1 aliphatic rings. The lowest BCUT2D eigenvalue weighted by Gasteiger charge is -2.22. The van der Waals surface area contributed by atoms with Crippen molar-refractivity contribution in [3.63, 3.8) is 0 Å². The van der Waals surface area contributed by atoms with Crippen LogP contribution in [0.15, 0.2) is 48.5 Å². The molecule has 0 bridgehead atoms. The van der Waals surface area contributed by atoms with Gasteiger partial charge in [0, 0.05) is 11.1 Å². The summed E-state index contributed by atoms with van der Waals surface area (Å²) in [4.78, 5) is 0. The number of phenols is 1. The van der Waals surface area contributed by atoms with E-state index >= 15 is 0 Å². The standard InChI is InChI=1S/C21H20O2/c1-23-19-13-11-15-7-3-5-9-17(15)21(19)20-16-8-4-2-6-14(16)10-12-18(20)22/h3,5,7,9-13,22H,2,4,6,8H2,1H3. The normalized spacial score (nSPS) is 13.8. The molecule has 0 heterocycles. The Hall–Kier alpha value is -2.48. The van der Waals surface area contributed by atoms with Gasteiger partial charge in [-0.1, -0.05) is 36.4 Å². The molecule has 0 saturated heterocycles. The molecule has 116 valence electrons. The van der Waals surface area contributed by atoms with Crippen molar-refractivity contribution in [3.8, 4) is 22.6 Å². The highest BCUT2D eigenvalue weighted by molar-refractivity contribution is 6.02. The van der Waals surface area contributed by atoms with Crippen LogP contribution in [0.2, 0.25) is 0 Å². The summed E-state index contributed by atoms with van der Waals surface area (Å²) in [5.41, 5.74) is 4.61. The molecule has 4 rings (SSSR count). The van der Waals surface area contributed by atoms with Crippen molar-refractivity contribution < 1.29 is 9.84 Å². The minimum atomic E-state index is 0.348. The van der Waals surface area contributed by atoms with E-state index in [0.29, 0.717) is 5.75 Å². The molecule has 2 nitrogen and oxygen atoms in total. The first-order valence-electron chi connectivity index (χ1n) is 8.19. The van der Waals surface area contributed by atoms with Gasteiger partial charge in [0.05, 0.1) is 7.11 Å². The van der Waals surface area contributed by atoms with Gasteiger partial charge in [0.15, 0.2) is 0 Å². The number of ether oxygens (including phenoxy) is 1. The average Bonchev–Trinajstić information content (AvgIpc) is 2.61. The van der Waals surface area contributed by atoms with Gasteiger partial charge in [-0.05, 0) is 59.7 Å². The first-order chi connectivity index (χ1) is 11.3. The van der Waals surface area contributed by atoms with Crippen LogP contribution in [0.4, 0.5) is 0 Å². The Kier molecular flexibility index (Phi) is 3.45. The molecule has 0 aliphatic heterocycles. The summed E-state index contributed by atoms with van der Waals surface area (Å²) in [6.45, 7) is 0. The van der Waals surface area contributed by atoms with Gasteiger partial charge < -0.3 is 9.84 Å². The highest BCUT2D eigenvalue weighted by Crippen LogP contribution is 2.45. The van der Waals surface area contributed by atoms with Crippen LogP contribution in [0, 0.1) is 0 Å². The van der Waals surface area contributed by atoms with E-state index in [-0.39, 0.29) is 0 Å². The van der Waals surface area contributed by atoms with Crippen molar-refractivity contribution >= 4 is 10.8 Å². The summed E-state index contributed by atoms with van der Waals surface area (Å²) in [7, 11) is 1.69. The van der Waals surface area contributed by atoms with Crippen LogP contribution in [0.3, 0.4) is 0 Å². The van der Waals surface area contributed by atoms with Gasteiger partial charge in [0.25, 0.3) is 0 Å². The predicted octanol–water partition coefficient (Wildman–Crippen LogP) is 5.10. The highest BCUT2D eigenvalue weighted by Gasteiger charge is 2.21. The third kappa shape index (κ3) is 2.26. The number of benzene rings is 3. The molecule has 0 spiro atoms. The monoisotopic (exact) mass is 304 g/mol. The Morgan fingerprint density at radius 3 is 2.57 bits per heavy atom. The fraction of sp³-hybridized carbons (Fsp3) is 0.238. The zero-order valence-electron chi connectivity index (χ0n) is 13.3. The molecule has 3 aromatic rings. The minimum absolute atomic E-state index is 0.348. The van der Waals surface area contributed by atoms with Crippen molar-refractivity contribution in [2.24, 2.45) is 0 Å². The van der Waals surface area contributed by atoms with E-state index in [2.05, 4.69) is 24.3 Å². The van der Waals surface area contributed by atoms with E-state index in [0.717, 1.165) is 40.5 Å². The predicted molar refractivity (Wildman–Crippen MR) is 94.2 cm³/mol. The van der Waals surface area contributed by atoms with Gasteiger partial charge in [-0.25, -0.2) is 0 Å². The van der Waals surface area contributed by atoms with Crippen molar-refractivity contribution in [3.05, 3.63) is 59.7 Å². The molecule has 0 fully saturated rings. The molecule has 1 aliphatic carbocycles. The lowest BCUT2D eigenvalue weighted by Crippen LogP contribution is -2.05. The molecular weight excluding hydrogens is 284 g/mol. The van der Waals surface area contributed by atoms with Gasteiger partial charge in [0.2, 0.25) is 0 Å². The van der Waals surface area contributed by atoms with Crippen molar-refractivity contribution in [1.82, 2.24) is 0 Å². The summed E-state index contributed by atoms with van der Waals surface area (Å²) >= 11 is 0. The van der Waals surface area contributed by atoms with Gasteiger partial charge in [-0.15, -0.1) is 0 Å². The second kappa shape index (κ2) is 5.62. The summed E-state index contributed by atoms with van der Waals surface area (Å²) in [5, 5.41) is 12.9. The molecule has 3 aromatic carbocycles. The molecule has 0 atom stereocenters.